The van der Waals surface area contributed by atoms with Gasteiger partial charge in [-0.3, -0.25) is 0 Å². The molecule has 0 bridgehead atoms. The van der Waals surface area contributed by atoms with Crippen LogP contribution in [0, 0.1) is 5.92 Å². The highest BCUT2D eigenvalue weighted by molar-refractivity contribution is 9.09. The Hall–Kier alpha value is 0.190. The molecule has 7 heteroatoms. The van der Waals surface area contributed by atoms with E-state index in [0.717, 1.165) is 6.42 Å². The Morgan fingerprint density at radius 2 is 1.84 bits per heavy atom. The van der Waals surface area contributed by atoms with Gasteiger partial charge < -0.3 is 0 Å². The number of hydrogen-bond donors (Lipinski definition) is 0. The quantitative estimate of drug-likeness (QED) is 0.725. The lowest BCUT2D eigenvalue weighted by Crippen LogP contribution is -2.43. The van der Waals surface area contributed by atoms with Crippen molar-refractivity contribution in [3.05, 3.63) is 28.2 Å². The molecule has 0 spiro atoms. The van der Waals surface area contributed by atoms with Crippen molar-refractivity contribution in [1.82, 2.24) is 4.31 Å². The summed E-state index contributed by atoms with van der Waals surface area (Å²) < 4.78 is 26.6. The molecule has 3 nitrogen and oxygen atoms in total. The first kappa shape index (κ1) is 15.6. The van der Waals surface area contributed by atoms with Crippen molar-refractivity contribution in [2.45, 2.75) is 23.1 Å². The van der Waals surface area contributed by atoms with Crippen LogP contribution in [0.25, 0.3) is 0 Å². The summed E-state index contributed by atoms with van der Waals surface area (Å²) >= 11 is 15.3. The first-order valence-corrected chi connectivity index (χ1v) is 9.02. The fourth-order valence-electron chi connectivity index (χ4n) is 2.12. The largest absolute Gasteiger partial charge is 0.243 e. The molecule has 1 aliphatic rings. The summed E-state index contributed by atoms with van der Waals surface area (Å²) in [5.41, 5.74) is 0. The summed E-state index contributed by atoms with van der Waals surface area (Å²) in [6.07, 6.45) is 0.800. The summed E-state index contributed by atoms with van der Waals surface area (Å²) in [5.74, 6) is 0.276. The molecule has 1 aromatic carbocycles. The molecule has 0 saturated carbocycles. The van der Waals surface area contributed by atoms with Crippen LogP contribution in [0.15, 0.2) is 23.1 Å². The number of piperidine rings is 1. The second kappa shape index (κ2) is 5.90. The second-order valence-corrected chi connectivity index (χ2v) is 8.74. The van der Waals surface area contributed by atoms with Gasteiger partial charge in [-0.05, 0) is 30.5 Å². The van der Waals surface area contributed by atoms with E-state index in [0.29, 0.717) is 28.0 Å². The van der Waals surface area contributed by atoms with E-state index in [1.54, 1.807) is 0 Å². The van der Waals surface area contributed by atoms with Crippen molar-refractivity contribution in [2.24, 2.45) is 5.92 Å². The second-order valence-electron chi connectivity index (χ2n) is 4.75. The Labute approximate surface area is 132 Å². The van der Waals surface area contributed by atoms with Gasteiger partial charge in [0.05, 0.1) is 4.90 Å². The summed E-state index contributed by atoms with van der Waals surface area (Å²) in [4.78, 5) is 0.520. The van der Waals surface area contributed by atoms with Crippen molar-refractivity contribution in [3.63, 3.8) is 0 Å². The van der Waals surface area contributed by atoms with Gasteiger partial charge in [0.1, 0.15) is 0 Å². The molecule has 2 unspecified atom stereocenters. The van der Waals surface area contributed by atoms with E-state index >= 15 is 0 Å². The van der Waals surface area contributed by atoms with Crippen LogP contribution in [0.5, 0.6) is 0 Å². The Bertz CT molecular complexity index is 559. The molecular formula is C12H14BrCl2NO2S. The molecule has 1 saturated heterocycles. The molecule has 0 radical (unpaired) electrons. The van der Waals surface area contributed by atoms with E-state index in [9.17, 15) is 8.42 Å². The highest BCUT2D eigenvalue weighted by Gasteiger charge is 2.32. The molecule has 19 heavy (non-hydrogen) atoms. The van der Waals surface area contributed by atoms with Gasteiger partial charge in [0.25, 0.3) is 0 Å². The summed E-state index contributed by atoms with van der Waals surface area (Å²) in [5, 5.41) is 0.656. The maximum absolute atomic E-state index is 12.5. The maximum atomic E-state index is 12.5. The fraction of sp³-hybridized carbons (Fsp3) is 0.500. The van der Waals surface area contributed by atoms with Crippen molar-refractivity contribution in [1.29, 1.82) is 0 Å². The van der Waals surface area contributed by atoms with Crippen LogP contribution in [0.3, 0.4) is 0 Å². The topological polar surface area (TPSA) is 37.4 Å². The van der Waals surface area contributed by atoms with E-state index in [1.807, 2.05) is 6.92 Å². The molecule has 1 heterocycles. The Morgan fingerprint density at radius 3 is 2.37 bits per heavy atom. The van der Waals surface area contributed by atoms with Crippen LogP contribution < -0.4 is 0 Å². The third kappa shape index (κ3) is 3.45. The minimum atomic E-state index is -3.52. The van der Waals surface area contributed by atoms with Crippen LogP contribution in [0.2, 0.25) is 10.0 Å². The third-order valence-electron chi connectivity index (χ3n) is 3.24. The van der Waals surface area contributed by atoms with Gasteiger partial charge in [-0.2, -0.15) is 4.31 Å². The zero-order valence-corrected chi connectivity index (χ0v) is 14.2. The minimum Gasteiger partial charge on any atom is -0.207 e. The zero-order chi connectivity index (χ0) is 14.2. The molecular weight excluding hydrogens is 373 g/mol. The zero-order valence-electron chi connectivity index (χ0n) is 10.3. The van der Waals surface area contributed by atoms with Gasteiger partial charge in [0, 0.05) is 28.0 Å². The Balaban J connectivity index is 2.32. The van der Waals surface area contributed by atoms with Crippen LogP contribution in [0.4, 0.5) is 0 Å². The monoisotopic (exact) mass is 385 g/mol. The summed E-state index contributed by atoms with van der Waals surface area (Å²) in [6, 6.07) is 4.40. The lowest BCUT2D eigenvalue weighted by Gasteiger charge is -2.33. The lowest BCUT2D eigenvalue weighted by molar-refractivity contribution is 0.292. The first-order chi connectivity index (χ1) is 8.80. The number of sulfonamides is 1. The van der Waals surface area contributed by atoms with E-state index < -0.39 is 10.0 Å². The number of hydrogen-bond acceptors (Lipinski definition) is 2. The van der Waals surface area contributed by atoms with Crippen LogP contribution >= 0.6 is 39.1 Å². The number of alkyl halides is 1. The van der Waals surface area contributed by atoms with E-state index in [4.69, 9.17) is 23.2 Å². The van der Waals surface area contributed by atoms with Crippen molar-refractivity contribution < 1.29 is 8.42 Å². The number of benzene rings is 1. The molecule has 2 rings (SSSR count). The molecule has 106 valence electrons. The van der Waals surface area contributed by atoms with Crippen molar-refractivity contribution >= 4 is 49.2 Å². The molecule has 1 aromatic rings. The van der Waals surface area contributed by atoms with Gasteiger partial charge in [-0.1, -0.05) is 46.1 Å². The van der Waals surface area contributed by atoms with Gasteiger partial charge in [0.2, 0.25) is 10.0 Å². The van der Waals surface area contributed by atoms with Gasteiger partial charge in [0.15, 0.2) is 0 Å². The number of halogens is 3. The molecule has 1 aliphatic heterocycles. The van der Waals surface area contributed by atoms with Crippen LogP contribution in [-0.4, -0.2) is 30.6 Å². The molecule has 0 aliphatic carbocycles. The van der Waals surface area contributed by atoms with E-state index in [2.05, 4.69) is 15.9 Å². The van der Waals surface area contributed by atoms with Gasteiger partial charge in [-0.25, -0.2) is 8.42 Å². The van der Waals surface area contributed by atoms with Gasteiger partial charge >= 0.3 is 0 Å². The summed E-state index contributed by atoms with van der Waals surface area (Å²) in [7, 11) is -3.52. The Kier molecular flexibility index (Phi) is 4.83. The van der Waals surface area contributed by atoms with E-state index in [-0.39, 0.29) is 10.8 Å². The SMILES string of the molecule is CC1CN(S(=O)(=O)c2cc(Cl)cc(Cl)c2)CCC1Br. The average molecular weight is 387 g/mol. The molecule has 0 aromatic heterocycles. The highest BCUT2D eigenvalue weighted by Crippen LogP contribution is 2.30. The minimum absolute atomic E-state index is 0.158. The molecule has 2 atom stereocenters. The first-order valence-electron chi connectivity index (χ1n) is 5.91. The van der Waals surface area contributed by atoms with Gasteiger partial charge in [-0.15, -0.1) is 0 Å². The van der Waals surface area contributed by atoms with Crippen LogP contribution in [-0.2, 0) is 10.0 Å². The molecule has 0 amide bonds. The number of nitrogens with zero attached hydrogens (tertiary/aromatic N) is 1. The highest BCUT2D eigenvalue weighted by atomic mass is 79.9. The predicted molar refractivity (Wildman–Crippen MR) is 81.7 cm³/mol. The standard InChI is InChI=1S/C12H14BrCl2NO2S/c1-8-7-16(3-2-12(8)13)19(17,18)11-5-9(14)4-10(15)6-11/h4-6,8,12H,2-3,7H2,1H3. The average Bonchev–Trinajstić information content (AvgIpc) is 2.31. The third-order valence-corrected chi connectivity index (χ3v) is 6.88. The summed E-state index contributed by atoms with van der Waals surface area (Å²) in [6.45, 7) is 3.04. The van der Waals surface area contributed by atoms with E-state index in [1.165, 1.54) is 22.5 Å². The number of rotatable bonds is 2. The fourth-order valence-corrected chi connectivity index (χ4v) is 4.78. The molecule has 0 N–H and O–H groups in total. The normalized spacial score (nSPS) is 25.5. The van der Waals surface area contributed by atoms with Crippen molar-refractivity contribution in [3.8, 4) is 0 Å². The van der Waals surface area contributed by atoms with Crippen LogP contribution in [0.1, 0.15) is 13.3 Å². The maximum Gasteiger partial charge on any atom is 0.243 e. The van der Waals surface area contributed by atoms with Crippen molar-refractivity contribution in [2.75, 3.05) is 13.1 Å². The predicted octanol–water partition coefficient (Wildman–Crippen LogP) is 3.79. The lowest BCUT2D eigenvalue weighted by atomic mass is 10.0. The Morgan fingerprint density at radius 1 is 1.26 bits per heavy atom. The smallest absolute Gasteiger partial charge is 0.207 e. The molecule has 1 fully saturated rings.